The second-order valence-electron chi connectivity index (χ2n) is 3.93. The highest BCUT2D eigenvalue weighted by atomic mass is 32.2. The zero-order chi connectivity index (χ0) is 10.9. The van der Waals surface area contributed by atoms with Crippen LogP contribution in [0, 0.1) is 6.92 Å². The summed E-state index contributed by atoms with van der Waals surface area (Å²) in [6.07, 6.45) is 1.73. The third-order valence-corrected chi connectivity index (χ3v) is 4.54. The quantitative estimate of drug-likeness (QED) is 0.732. The van der Waals surface area contributed by atoms with E-state index >= 15 is 0 Å². The Morgan fingerprint density at radius 2 is 1.80 bits per heavy atom. The number of hydrogen-bond donors (Lipinski definition) is 0. The summed E-state index contributed by atoms with van der Waals surface area (Å²) in [5.74, 6) is 0.279. The summed E-state index contributed by atoms with van der Waals surface area (Å²) in [5.41, 5.74) is 1.94. The third kappa shape index (κ3) is 2.15. The van der Waals surface area contributed by atoms with Gasteiger partial charge in [0, 0.05) is 6.54 Å². The summed E-state index contributed by atoms with van der Waals surface area (Å²) < 4.78 is 25.1. The molecule has 0 saturated carbocycles. The molecule has 1 aliphatic heterocycles. The highest BCUT2D eigenvalue weighted by Gasteiger charge is 2.25. The van der Waals surface area contributed by atoms with Crippen LogP contribution in [-0.2, 0) is 10.0 Å². The zero-order valence-electron chi connectivity index (χ0n) is 8.81. The van der Waals surface area contributed by atoms with Gasteiger partial charge in [-0.2, -0.15) is 0 Å². The average Bonchev–Trinajstić information content (AvgIpc) is 2.19. The summed E-state index contributed by atoms with van der Waals surface area (Å²) in [7, 11) is -3.06. The Kier molecular flexibility index (Phi) is 2.69. The van der Waals surface area contributed by atoms with Crippen LogP contribution in [0.2, 0.25) is 0 Å². The van der Waals surface area contributed by atoms with Gasteiger partial charge in [0.25, 0.3) is 0 Å². The summed E-state index contributed by atoms with van der Waals surface area (Å²) in [6, 6.07) is 7.63. The van der Waals surface area contributed by atoms with Crippen molar-refractivity contribution in [2.24, 2.45) is 0 Å². The van der Waals surface area contributed by atoms with Gasteiger partial charge in [0.1, 0.15) is 0 Å². The molecule has 0 aliphatic carbocycles. The molecule has 0 spiro atoms. The van der Waals surface area contributed by atoms with Crippen LogP contribution in [0.25, 0.3) is 0 Å². The van der Waals surface area contributed by atoms with E-state index in [-0.39, 0.29) is 5.75 Å². The number of nitrogens with zero attached hydrogens (tertiary/aromatic N) is 1. The molecule has 3 nitrogen and oxygen atoms in total. The van der Waals surface area contributed by atoms with Gasteiger partial charge in [0.05, 0.1) is 11.4 Å². The molecule has 1 aliphatic rings. The molecular formula is C11H15NO2S. The molecule has 0 N–H and O–H groups in total. The first-order valence-electron chi connectivity index (χ1n) is 5.17. The van der Waals surface area contributed by atoms with Crippen molar-refractivity contribution >= 4 is 15.7 Å². The topological polar surface area (TPSA) is 37.4 Å². The third-order valence-electron chi connectivity index (χ3n) is 2.67. The molecule has 0 atom stereocenters. The normalized spacial score (nSPS) is 20.2. The molecule has 0 bridgehead atoms. The summed E-state index contributed by atoms with van der Waals surface area (Å²) in [5, 5.41) is 0. The molecule has 4 heteroatoms. The Balaban J connectivity index is 2.33. The van der Waals surface area contributed by atoms with E-state index in [1.165, 1.54) is 4.31 Å². The monoisotopic (exact) mass is 225 g/mol. The fourth-order valence-electron chi connectivity index (χ4n) is 1.79. The van der Waals surface area contributed by atoms with E-state index in [1.54, 1.807) is 0 Å². The van der Waals surface area contributed by atoms with E-state index in [4.69, 9.17) is 0 Å². The first-order chi connectivity index (χ1) is 7.09. The van der Waals surface area contributed by atoms with Crippen LogP contribution in [-0.4, -0.2) is 20.7 Å². The zero-order valence-corrected chi connectivity index (χ0v) is 9.63. The Bertz CT molecular complexity index is 436. The number of rotatable bonds is 1. The first kappa shape index (κ1) is 10.5. The van der Waals surface area contributed by atoms with Gasteiger partial charge in [-0.25, -0.2) is 8.42 Å². The maximum Gasteiger partial charge on any atom is 0.235 e. The molecule has 0 amide bonds. The molecule has 1 saturated heterocycles. The van der Waals surface area contributed by atoms with Crippen molar-refractivity contribution in [2.75, 3.05) is 16.6 Å². The lowest BCUT2D eigenvalue weighted by atomic mass is 10.2. The molecule has 82 valence electrons. The van der Waals surface area contributed by atoms with Crippen LogP contribution >= 0.6 is 0 Å². The SMILES string of the molecule is Cc1ccc(N2CCCCS2(=O)=O)cc1. The van der Waals surface area contributed by atoms with Crippen LogP contribution in [0.4, 0.5) is 5.69 Å². The maximum atomic E-state index is 11.8. The fourth-order valence-corrected chi connectivity index (χ4v) is 3.43. The van der Waals surface area contributed by atoms with Crippen LogP contribution < -0.4 is 4.31 Å². The predicted octanol–water partition coefficient (Wildman–Crippen LogP) is 1.93. The molecule has 2 rings (SSSR count). The molecule has 0 unspecified atom stereocenters. The molecule has 15 heavy (non-hydrogen) atoms. The van der Waals surface area contributed by atoms with Crippen LogP contribution in [0.3, 0.4) is 0 Å². The van der Waals surface area contributed by atoms with E-state index < -0.39 is 10.0 Å². The fraction of sp³-hybridized carbons (Fsp3) is 0.455. The lowest BCUT2D eigenvalue weighted by Crippen LogP contribution is -2.37. The smallest absolute Gasteiger partial charge is 0.235 e. The van der Waals surface area contributed by atoms with E-state index in [0.717, 1.165) is 24.1 Å². The Morgan fingerprint density at radius 3 is 2.40 bits per heavy atom. The Labute approximate surface area is 90.8 Å². The van der Waals surface area contributed by atoms with E-state index in [1.807, 2.05) is 31.2 Å². The minimum absolute atomic E-state index is 0.279. The Morgan fingerprint density at radius 1 is 1.13 bits per heavy atom. The molecule has 0 radical (unpaired) electrons. The van der Waals surface area contributed by atoms with Crippen molar-refractivity contribution in [1.82, 2.24) is 0 Å². The van der Waals surface area contributed by atoms with Crippen molar-refractivity contribution in [3.63, 3.8) is 0 Å². The van der Waals surface area contributed by atoms with Gasteiger partial charge in [-0.1, -0.05) is 17.7 Å². The van der Waals surface area contributed by atoms with Crippen molar-refractivity contribution in [1.29, 1.82) is 0 Å². The molecule has 0 aromatic heterocycles. The standard InChI is InChI=1S/C11H15NO2S/c1-10-4-6-11(7-5-10)12-8-2-3-9-15(12,13)14/h4-7H,2-3,8-9H2,1H3. The molecule has 1 aromatic rings. The Hall–Kier alpha value is -1.03. The van der Waals surface area contributed by atoms with E-state index in [9.17, 15) is 8.42 Å². The second kappa shape index (κ2) is 3.85. The van der Waals surface area contributed by atoms with E-state index in [2.05, 4.69) is 0 Å². The van der Waals surface area contributed by atoms with Crippen molar-refractivity contribution in [3.8, 4) is 0 Å². The molecular weight excluding hydrogens is 210 g/mol. The second-order valence-corrected chi connectivity index (χ2v) is 5.94. The molecule has 1 aromatic carbocycles. The number of aryl methyl sites for hydroxylation is 1. The van der Waals surface area contributed by atoms with Gasteiger partial charge in [-0.3, -0.25) is 4.31 Å². The number of hydrogen-bond acceptors (Lipinski definition) is 2. The predicted molar refractivity (Wildman–Crippen MR) is 61.5 cm³/mol. The van der Waals surface area contributed by atoms with E-state index in [0.29, 0.717) is 6.54 Å². The van der Waals surface area contributed by atoms with Crippen molar-refractivity contribution < 1.29 is 8.42 Å². The number of benzene rings is 1. The van der Waals surface area contributed by atoms with Gasteiger partial charge in [-0.05, 0) is 31.9 Å². The van der Waals surface area contributed by atoms with Crippen molar-refractivity contribution in [2.45, 2.75) is 19.8 Å². The van der Waals surface area contributed by atoms with Gasteiger partial charge in [-0.15, -0.1) is 0 Å². The largest absolute Gasteiger partial charge is 0.270 e. The van der Waals surface area contributed by atoms with Crippen LogP contribution in [0.1, 0.15) is 18.4 Å². The van der Waals surface area contributed by atoms with Gasteiger partial charge in [0.2, 0.25) is 10.0 Å². The minimum Gasteiger partial charge on any atom is -0.270 e. The average molecular weight is 225 g/mol. The maximum absolute atomic E-state index is 11.8. The van der Waals surface area contributed by atoms with Crippen LogP contribution in [0.15, 0.2) is 24.3 Å². The number of anilines is 1. The summed E-state index contributed by atoms with van der Waals surface area (Å²) >= 11 is 0. The van der Waals surface area contributed by atoms with Gasteiger partial charge < -0.3 is 0 Å². The van der Waals surface area contributed by atoms with Gasteiger partial charge in [0.15, 0.2) is 0 Å². The lowest BCUT2D eigenvalue weighted by molar-refractivity contribution is 0.574. The molecule has 1 fully saturated rings. The minimum atomic E-state index is -3.06. The van der Waals surface area contributed by atoms with Crippen LogP contribution in [0.5, 0.6) is 0 Å². The lowest BCUT2D eigenvalue weighted by Gasteiger charge is -2.28. The highest BCUT2D eigenvalue weighted by molar-refractivity contribution is 7.92. The van der Waals surface area contributed by atoms with Crippen molar-refractivity contribution in [3.05, 3.63) is 29.8 Å². The first-order valence-corrected chi connectivity index (χ1v) is 6.77. The summed E-state index contributed by atoms with van der Waals surface area (Å²) in [4.78, 5) is 0. The van der Waals surface area contributed by atoms with Gasteiger partial charge >= 0.3 is 0 Å². The molecule has 1 heterocycles. The summed E-state index contributed by atoms with van der Waals surface area (Å²) in [6.45, 7) is 2.61. The highest BCUT2D eigenvalue weighted by Crippen LogP contribution is 2.23. The number of sulfonamides is 1.